The molecule has 5 nitrogen and oxygen atoms in total. The lowest BCUT2D eigenvalue weighted by molar-refractivity contribution is -0.116. The minimum atomic E-state index is -3.48. The molecule has 0 radical (unpaired) electrons. The molecule has 6 heteroatoms. The fraction of sp³-hybridized carbons (Fsp3) is 0.588. The quantitative estimate of drug-likeness (QED) is 0.920. The minimum Gasteiger partial charge on any atom is -0.312 e. The van der Waals surface area contributed by atoms with Gasteiger partial charge in [-0.1, -0.05) is 6.42 Å². The fourth-order valence-corrected chi connectivity index (χ4v) is 5.90. The smallest absolute Gasteiger partial charge is 0.240 e. The number of nitrogens with one attached hydrogen (secondary N) is 1. The number of carbonyl (C=O) groups is 1. The maximum atomic E-state index is 12.7. The molecule has 1 heterocycles. The van der Waals surface area contributed by atoms with Crippen LogP contribution in [0.5, 0.6) is 0 Å². The van der Waals surface area contributed by atoms with Crippen LogP contribution in [0.2, 0.25) is 0 Å². The number of hydrogen-bond acceptors (Lipinski definition) is 3. The Morgan fingerprint density at radius 1 is 1.26 bits per heavy atom. The molecule has 124 valence electrons. The number of rotatable bonds is 3. The van der Waals surface area contributed by atoms with Gasteiger partial charge in [-0.2, -0.15) is 0 Å². The number of amides is 1. The van der Waals surface area contributed by atoms with Crippen molar-refractivity contribution in [3.8, 4) is 0 Å². The third-order valence-electron chi connectivity index (χ3n) is 5.68. The molecule has 2 aliphatic carbocycles. The van der Waals surface area contributed by atoms with Gasteiger partial charge in [0.1, 0.15) is 0 Å². The molecule has 0 aromatic heterocycles. The Morgan fingerprint density at radius 3 is 2.74 bits per heavy atom. The number of benzene rings is 1. The van der Waals surface area contributed by atoms with Crippen LogP contribution >= 0.6 is 0 Å². The molecule has 1 aliphatic heterocycles. The first-order chi connectivity index (χ1) is 10.9. The number of fused-ring (bicyclic) bond motifs is 3. The first kappa shape index (κ1) is 15.1. The molecule has 1 amide bonds. The van der Waals surface area contributed by atoms with Crippen molar-refractivity contribution in [2.24, 2.45) is 11.8 Å². The summed E-state index contributed by atoms with van der Waals surface area (Å²) >= 11 is 0. The van der Waals surface area contributed by atoms with Gasteiger partial charge in [-0.3, -0.25) is 4.79 Å². The van der Waals surface area contributed by atoms with Crippen LogP contribution in [0.25, 0.3) is 0 Å². The zero-order chi connectivity index (χ0) is 16.2. The monoisotopic (exact) mass is 334 g/mol. The normalized spacial score (nSPS) is 29.1. The van der Waals surface area contributed by atoms with Crippen LogP contribution in [-0.2, 0) is 21.2 Å². The first-order valence-electron chi connectivity index (χ1n) is 8.37. The van der Waals surface area contributed by atoms with Gasteiger partial charge in [-0.05, 0) is 61.3 Å². The number of nitrogens with zero attached hydrogens (tertiary/aromatic N) is 1. The number of sulfonamides is 1. The molecule has 23 heavy (non-hydrogen) atoms. The van der Waals surface area contributed by atoms with Gasteiger partial charge in [0.15, 0.2) is 0 Å². The summed E-state index contributed by atoms with van der Waals surface area (Å²) in [5.74, 6) is 1.22. The van der Waals surface area contributed by atoms with E-state index in [-0.39, 0.29) is 11.9 Å². The average Bonchev–Trinajstić information content (AvgIpc) is 3.20. The number of hydrogen-bond donors (Lipinski definition) is 1. The van der Waals surface area contributed by atoms with E-state index < -0.39 is 10.0 Å². The number of carbonyl (C=O) groups excluding carboxylic acids is 1. The van der Waals surface area contributed by atoms with Crippen molar-refractivity contribution in [1.82, 2.24) is 4.72 Å². The molecule has 2 saturated carbocycles. The van der Waals surface area contributed by atoms with Crippen molar-refractivity contribution in [1.29, 1.82) is 0 Å². The van der Waals surface area contributed by atoms with Crippen LogP contribution < -0.4 is 9.62 Å². The van der Waals surface area contributed by atoms with Gasteiger partial charge < -0.3 is 4.90 Å². The minimum absolute atomic E-state index is 0.000497. The lowest BCUT2D eigenvalue weighted by Crippen LogP contribution is -2.38. The topological polar surface area (TPSA) is 66.5 Å². The second kappa shape index (κ2) is 5.31. The predicted molar refractivity (Wildman–Crippen MR) is 87.7 cm³/mol. The van der Waals surface area contributed by atoms with Crippen molar-refractivity contribution in [3.63, 3.8) is 0 Å². The van der Waals surface area contributed by atoms with Crippen LogP contribution in [-0.4, -0.2) is 26.9 Å². The lowest BCUT2D eigenvalue weighted by Gasteiger charge is -2.23. The first-order valence-corrected chi connectivity index (χ1v) is 9.86. The van der Waals surface area contributed by atoms with Gasteiger partial charge in [0.25, 0.3) is 0 Å². The summed E-state index contributed by atoms with van der Waals surface area (Å²) < 4.78 is 28.3. The summed E-state index contributed by atoms with van der Waals surface area (Å²) in [5.41, 5.74) is 1.78. The second-order valence-electron chi connectivity index (χ2n) is 7.11. The van der Waals surface area contributed by atoms with Gasteiger partial charge in [0.05, 0.1) is 4.90 Å². The summed E-state index contributed by atoms with van der Waals surface area (Å²) in [4.78, 5) is 13.6. The molecule has 3 atom stereocenters. The molecule has 2 bridgehead atoms. The van der Waals surface area contributed by atoms with E-state index in [0.29, 0.717) is 29.7 Å². The summed E-state index contributed by atoms with van der Waals surface area (Å²) in [6.45, 7) is 2.17. The third kappa shape index (κ3) is 2.58. The van der Waals surface area contributed by atoms with Gasteiger partial charge in [0.2, 0.25) is 15.9 Å². The largest absolute Gasteiger partial charge is 0.312 e. The Kier molecular flexibility index (Phi) is 3.50. The molecule has 1 aromatic carbocycles. The Hall–Kier alpha value is -1.40. The molecular formula is C17H22N2O3S. The zero-order valence-electron chi connectivity index (χ0n) is 13.3. The summed E-state index contributed by atoms with van der Waals surface area (Å²) in [5, 5.41) is 0. The lowest BCUT2D eigenvalue weighted by atomic mass is 9.96. The van der Waals surface area contributed by atoms with Crippen LogP contribution in [0.4, 0.5) is 5.69 Å². The van der Waals surface area contributed by atoms with E-state index in [0.717, 1.165) is 24.1 Å². The highest BCUT2D eigenvalue weighted by molar-refractivity contribution is 7.89. The standard InChI is InChI=1S/C17H22N2O3S/c1-11(20)19-7-6-14-10-15(4-5-17(14)19)23(21,22)18-16-9-12-2-3-13(16)8-12/h4-5,10,12-13,16,18H,2-3,6-9H2,1H3/t12-,13-,16-/m0/s1. The molecule has 1 aromatic rings. The van der Waals surface area contributed by atoms with Crippen molar-refractivity contribution in [3.05, 3.63) is 23.8 Å². The second-order valence-corrected chi connectivity index (χ2v) is 8.83. The van der Waals surface area contributed by atoms with Crippen LogP contribution in [0.3, 0.4) is 0 Å². The van der Waals surface area contributed by atoms with E-state index in [4.69, 9.17) is 0 Å². The molecule has 2 fully saturated rings. The van der Waals surface area contributed by atoms with Gasteiger partial charge in [0, 0.05) is 25.2 Å². The van der Waals surface area contributed by atoms with Crippen LogP contribution in [0.15, 0.2) is 23.1 Å². The van der Waals surface area contributed by atoms with E-state index in [1.54, 1.807) is 23.1 Å². The molecule has 3 aliphatic rings. The summed E-state index contributed by atoms with van der Waals surface area (Å²) in [6.07, 6.45) is 5.27. The Bertz CT molecular complexity index is 759. The molecule has 0 spiro atoms. The third-order valence-corrected chi connectivity index (χ3v) is 7.17. The molecule has 4 rings (SSSR count). The highest BCUT2D eigenvalue weighted by Crippen LogP contribution is 2.45. The number of anilines is 1. The predicted octanol–water partition coefficient (Wildman–Crippen LogP) is 2.06. The van der Waals surface area contributed by atoms with Crippen molar-refractivity contribution in [2.45, 2.75) is 50.0 Å². The van der Waals surface area contributed by atoms with Crippen molar-refractivity contribution >= 4 is 21.6 Å². The van der Waals surface area contributed by atoms with E-state index >= 15 is 0 Å². The maximum Gasteiger partial charge on any atom is 0.240 e. The van der Waals surface area contributed by atoms with E-state index in [1.807, 2.05) is 0 Å². The Morgan fingerprint density at radius 2 is 2.09 bits per heavy atom. The maximum absolute atomic E-state index is 12.7. The fourth-order valence-electron chi connectivity index (χ4n) is 4.53. The summed E-state index contributed by atoms with van der Waals surface area (Å²) in [7, 11) is -3.48. The van der Waals surface area contributed by atoms with E-state index in [1.165, 1.54) is 19.8 Å². The molecular weight excluding hydrogens is 312 g/mol. The van der Waals surface area contributed by atoms with Gasteiger partial charge in [-0.25, -0.2) is 13.1 Å². The van der Waals surface area contributed by atoms with E-state index in [2.05, 4.69) is 4.72 Å². The molecule has 0 saturated heterocycles. The van der Waals surface area contributed by atoms with Crippen LogP contribution in [0.1, 0.15) is 38.2 Å². The highest BCUT2D eigenvalue weighted by atomic mass is 32.2. The van der Waals surface area contributed by atoms with Crippen molar-refractivity contribution < 1.29 is 13.2 Å². The SMILES string of the molecule is CC(=O)N1CCc2cc(S(=O)(=O)N[C@H]3C[C@H]4CC[C@H]3C4)ccc21. The van der Waals surface area contributed by atoms with Crippen LogP contribution in [0, 0.1) is 11.8 Å². The molecule has 0 unspecified atom stereocenters. The van der Waals surface area contributed by atoms with Gasteiger partial charge >= 0.3 is 0 Å². The summed E-state index contributed by atoms with van der Waals surface area (Å²) in [6, 6.07) is 5.21. The average molecular weight is 334 g/mol. The van der Waals surface area contributed by atoms with Crippen molar-refractivity contribution in [2.75, 3.05) is 11.4 Å². The Balaban J connectivity index is 1.57. The Labute approximate surface area is 137 Å². The molecule has 1 N–H and O–H groups in total. The van der Waals surface area contributed by atoms with Gasteiger partial charge in [-0.15, -0.1) is 0 Å². The highest BCUT2D eigenvalue weighted by Gasteiger charge is 2.41. The van der Waals surface area contributed by atoms with E-state index in [9.17, 15) is 13.2 Å². The zero-order valence-corrected chi connectivity index (χ0v) is 14.1.